The van der Waals surface area contributed by atoms with Gasteiger partial charge in [0.05, 0.1) is 7.11 Å². The number of benzene rings is 1. The van der Waals surface area contributed by atoms with E-state index in [0.717, 1.165) is 5.56 Å². The van der Waals surface area contributed by atoms with Gasteiger partial charge in [-0.15, -0.1) is 0 Å². The van der Waals surface area contributed by atoms with E-state index in [4.69, 9.17) is 17.3 Å². The molecule has 2 rings (SSSR count). The second kappa shape index (κ2) is 6.41. The highest BCUT2D eigenvalue weighted by molar-refractivity contribution is 6.31. The predicted octanol–water partition coefficient (Wildman–Crippen LogP) is 2.14. The van der Waals surface area contributed by atoms with Gasteiger partial charge in [0.25, 0.3) is 0 Å². The number of ether oxygens (including phenoxy) is 1. The molecule has 0 radical (unpaired) electrons. The molecule has 0 aliphatic carbocycles. The Kier molecular flexibility index (Phi) is 4.59. The fraction of sp³-hybridized carbons (Fsp3) is 0.214. The van der Waals surface area contributed by atoms with Gasteiger partial charge in [0.1, 0.15) is 5.82 Å². The lowest BCUT2D eigenvalue weighted by Crippen LogP contribution is -2.20. The van der Waals surface area contributed by atoms with Gasteiger partial charge in [-0.1, -0.05) is 11.6 Å². The first kappa shape index (κ1) is 15.1. The lowest BCUT2D eigenvalue weighted by molar-refractivity contribution is 0.0587. The Balaban J connectivity index is 2.22. The Morgan fingerprint density at radius 3 is 2.90 bits per heavy atom. The highest BCUT2D eigenvalue weighted by Gasteiger charge is 2.12. The number of anilines is 2. The maximum atomic E-state index is 11.4. The Hall–Kier alpha value is -2.34. The fourth-order valence-electron chi connectivity index (χ4n) is 1.80. The summed E-state index contributed by atoms with van der Waals surface area (Å²) in [6.45, 7) is 0.501. The third-order valence-electron chi connectivity index (χ3n) is 2.88. The molecule has 0 saturated heterocycles. The van der Waals surface area contributed by atoms with E-state index < -0.39 is 5.97 Å². The van der Waals surface area contributed by atoms with E-state index in [1.807, 2.05) is 11.9 Å². The highest BCUT2D eigenvalue weighted by Crippen LogP contribution is 2.22. The number of nitrogen functional groups attached to an aromatic ring is 1. The molecule has 0 aliphatic heterocycles. The molecule has 0 saturated carbocycles. The van der Waals surface area contributed by atoms with Crippen molar-refractivity contribution in [3.8, 4) is 0 Å². The lowest BCUT2D eigenvalue weighted by Gasteiger charge is -2.19. The second-order valence-corrected chi connectivity index (χ2v) is 4.84. The molecular weight excluding hydrogens is 292 g/mol. The van der Waals surface area contributed by atoms with Gasteiger partial charge in [-0.2, -0.15) is 0 Å². The van der Waals surface area contributed by atoms with Crippen molar-refractivity contribution in [2.24, 2.45) is 0 Å². The molecule has 0 bridgehead atoms. The van der Waals surface area contributed by atoms with Crippen molar-refractivity contribution in [1.29, 1.82) is 0 Å². The topological polar surface area (TPSA) is 81.3 Å². The number of nitrogens with zero attached hydrogens (tertiary/aromatic N) is 3. The molecule has 2 aromatic rings. The maximum Gasteiger partial charge on any atom is 0.376 e. The number of halogens is 1. The van der Waals surface area contributed by atoms with Gasteiger partial charge in [0.15, 0.2) is 0 Å². The molecule has 0 fully saturated rings. The van der Waals surface area contributed by atoms with Crippen LogP contribution in [-0.2, 0) is 11.3 Å². The van der Waals surface area contributed by atoms with Crippen molar-refractivity contribution in [2.75, 3.05) is 24.8 Å². The Morgan fingerprint density at radius 2 is 2.19 bits per heavy atom. The SMILES string of the molecule is COC(=O)c1nccc(N(C)Cc2cc(N)ccc2Cl)n1. The summed E-state index contributed by atoms with van der Waals surface area (Å²) in [6, 6.07) is 7.00. The van der Waals surface area contributed by atoms with Crippen LogP contribution in [0.5, 0.6) is 0 Å². The van der Waals surface area contributed by atoms with Gasteiger partial charge in [-0.25, -0.2) is 14.8 Å². The molecule has 0 atom stereocenters. The summed E-state index contributed by atoms with van der Waals surface area (Å²) in [6.07, 6.45) is 1.51. The van der Waals surface area contributed by atoms with Crippen molar-refractivity contribution >= 4 is 29.1 Å². The van der Waals surface area contributed by atoms with Gasteiger partial charge in [-0.05, 0) is 29.8 Å². The van der Waals surface area contributed by atoms with Crippen LogP contribution in [0.15, 0.2) is 30.5 Å². The van der Waals surface area contributed by atoms with Crippen LogP contribution in [0.2, 0.25) is 5.02 Å². The van der Waals surface area contributed by atoms with Gasteiger partial charge in [0.2, 0.25) is 5.82 Å². The first-order chi connectivity index (χ1) is 10.0. The van der Waals surface area contributed by atoms with E-state index in [9.17, 15) is 4.79 Å². The Morgan fingerprint density at radius 1 is 1.43 bits per heavy atom. The predicted molar refractivity (Wildman–Crippen MR) is 81.3 cm³/mol. The van der Waals surface area contributed by atoms with Crippen molar-refractivity contribution in [1.82, 2.24) is 9.97 Å². The van der Waals surface area contributed by atoms with Crippen LogP contribution in [0.3, 0.4) is 0 Å². The van der Waals surface area contributed by atoms with E-state index in [0.29, 0.717) is 23.1 Å². The summed E-state index contributed by atoms with van der Waals surface area (Å²) in [5.41, 5.74) is 7.27. The third kappa shape index (κ3) is 3.61. The number of hydrogen-bond acceptors (Lipinski definition) is 6. The van der Waals surface area contributed by atoms with Crippen molar-refractivity contribution in [3.05, 3.63) is 46.9 Å². The van der Waals surface area contributed by atoms with Crippen molar-refractivity contribution in [2.45, 2.75) is 6.54 Å². The summed E-state index contributed by atoms with van der Waals surface area (Å²) in [7, 11) is 3.12. The molecule has 6 nitrogen and oxygen atoms in total. The minimum atomic E-state index is -0.577. The summed E-state index contributed by atoms with van der Waals surface area (Å²) in [4.78, 5) is 21.3. The quantitative estimate of drug-likeness (QED) is 0.688. The summed E-state index contributed by atoms with van der Waals surface area (Å²) in [5.74, 6) is 0.0247. The molecular formula is C14H15ClN4O2. The van der Waals surface area contributed by atoms with Crippen LogP contribution in [0.1, 0.15) is 16.2 Å². The summed E-state index contributed by atoms with van der Waals surface area (Å²) >= 11 is 6.14. The zero-order chi connectivity index (χ0) is 15.4. The Bertz CT molecular complexity index is 663. The minimum absolute atomic E-state index is 0.0144. The first-order valence-corrected chi connectivity index (χ1v) is 6.55. The number of aromatic nitrogens is 2. The fourth-order valence-corrected chi connectivity index (χ4v) is 1.98. The van der Waals surface area contributed by atoms with Crippen molar-refractivity contribution in [3.63, 3.8) is 0 Å². The van der Waals surface area contributed by atoms with Crippen LogP contribution >= 0.6 is 11.6 Å². The zero-order valence-electron chi connectivity index (χ0n) is 11.7. The van der Waals surface area contributed by atoms with Gasteiger partial charge in [-0.3, -0.25) is 0 Å². The molecule has 2 N–H and O–H groups in total. The van der Waals surface area contributed by atoms with E-state index in [1.165, 1.54) is 13.3 Å². The van der Waals surface area contributed by atoms with E-state index in [1.54, 1.807) is 24.3 Å². The number of carbonyl (C=O) groups is 1. The molecule has 0 spiro atoms. The maximum absolute atomic E-state index is 11.4. The van der Waals surface area contributed by atoms with Crippen LogP contribution in [-0.4, -0.2) is 30.1 Å². The first-order valence-electron chi connectivity index (χ1n) is 6.17. The number of esters is 1. The molecule has 1 heterocycles. The summed E-state index contributed by atoms with van der Waals surface area (Å²) < 4.78 is 4.60. The van der Waals surface area contributed by atoms with Gasteiger partial charge < -0.3 is 15.4 Å². The standard InChI is InChI=1S/C14H15ClN4O2/c1-19(8-9-7-10(16)3-4-11(9)15)12-5-6-17-13(18-12)14(20)21-2/h3-7H,8,16H2,1-2H3. The smallest absolute Gasteiger partial charge is 0.376 e. The molecule has 1 aromatic heterocycles. The number of carbonyl (C=O) groups excluding carboxylic acids is 1. The molecule has 0 aliphatic rings. The number of methoxy groups -OCH3 is 1. The largest absolute Gasteiger partial charge is 0.463 e. The summed E-state index contributed by atoms with van der Waals surface area (Å²) in [5, 5.41) is 0.623. The number of nitrogens with two attached hydrogens (primary N) is 1. The van der Waals surface area contributed by atoms with Crippen LogP contribution in [0.4, 0.5) is 11.5 Å². The average Bonchev–Trinajstić information content (AvgIpc) is 2.50. The molecule has 21 heavy (non-hydrogen) atoms. The Labute approximate surface area is 127 Å². The molecule has 1 aromatic carbocycles. The zero-order valence-corrected chi connectivity index (χ0v) is 12.5. The van der Waals surface area contributed by atoms with Crippen molar-refractivity contribution < 1.29 is 9.53 Å². The second-order valence-electron chi connectivity index (χ2n) is 4.44. The molecule has 110 valence electrons. The highest BCUT2D eigenvalue weighted by atomic mass is 35.5. The van der Waals surface area contributed by atoms with E-state index >= 15 is 0 Å². The molecule has 0 unspecified atom stereocenters. The van der Waals surface area contributed by atoms with E-state index in [-0.39, 0.29) is 5.82 Å². The monoisotopic (exact) mass is 306 g/mol. The average molecular weight is 307 g/mol. The third-order valence-corrected chi connectivity index (χ3v) is 3.25. The van der Waals surface area contributed by atoms with Crippen LogP contribution in [0, 0.1) is 0 Å². The van der Waals surface area contributed by atoms with E-state index in [2.05, 4.69) is 14.7 Å². The number of hydrogen-bond donors (Lipinski definition) is 1. The lowest BCUT2D eigenvalue weighted by atomic mass is 10.2. The van der Waals surface area contributed by atoms with Crippen LogP contribution < -0.4 is 10.6 Å². The van der Waals surface area contributed by atoms with Gasteiger partial charge >= 0.3 is 5.97 Å². The van der Waals surface area contributed by atoms with Crippen LogP contribution in [0.25, 0.3) is 0 Å². The number of rotatable bonds is 4. The normalized spacial score (nSPS) is 10.2. The molecule has 0 amide bonds. The minimum Gasteiger partial charge on any atom is -0.463 e. The van der Waals surface area contributed by atoms with Gasteiger partial charge in [0, 0.05) is 30.5 Å². The molecule has 7 heteroatoms.